The van der Waals surface area contributed by atoms with E-state index in [4.69, 9.17) is 0 Å². The van der Waals surface area contributed by atoms with E-state index in [1.165, 1.54) is 13.4 Å². The van der Waals surface area contributed by atoms with Crippen LogP contribution in [0.3, 0.4) is 0 Å². The summed E-state index contributed by atoms with van der Waals surface area (Å²) in [6.45, 7) is 3.03. The fourth-order valence-corrected chi connectivity index (χ4v) is 1.96. The summed E-state index contributed by atoms with van der Waals surface area (Å²) in [5, 5.41) is 9.47. The third-order valence-electron chi connectivity index (χ3n) is 3.22. The number of nitrogens with one attached hydrogen (secondary N) is 2. The monoisotopic (exact) mass is 317 g/mol. The van der Waals surface area contributed by atoms with Gasteiger partial charge >= 0.3 is 12.0 Å². The van der Waals surface area contributed by atoms with Gasteiger partial charge in [0.05, 0.1) is 12.7 Å². The van der Waals surface area contributed by atoms with E-state index in [1.54, 1.807) is 29.2 Å². The van der Waals surface area contributed by atoms with Crippen LogP contribution in [0.15, 0.2) is 30.9 Å². The van der Waals surface area contributed by atoms with Gasteiger partial charge in [-0.1, -0.05) is 6.07 Å². The first-order valence-electron chi connectivity index (χ1n) is 7.16. The van der Waals surface area contributed by atoms with Crippen molar-refractivity contribution >= 4 is 17.7 Å². The fraction of sp³-hybridized carbons (Fsp3) is 0.333. The quantitative estimate of drug-likeness (QED) is 0.622. The van der Waals surface area contributed by atoms with Crippen LogP contribution < -0.4 is 10.6 Å². The van der Waals surface area contributed by atoms with Gasteiger partial charge in [0.1, 0.15) is 12.7 Å². The predicted octanol–water partition coefficient (Wildman–Crippen LogP) is 1.58. The molecule has 1 heterocycles. The Kier molecular flexibility index (Phi) is 5.67. The van der Waals surface area contributed by atoms with Gasteiger partial charge in [0.15, 0.2) is 0 Å². The molecule has 2 amide bonds. The predicted molar refractivity (Wildman–Crippen MR) is 84.2 cm³/mol. The van der Waals surface area contributed by atoms with E-state index in [1.807, 2.05) is 6.92 Å². The smallest absolute Gasteiger partial charge is 0.337 e. The first kappa shape index (κ1) is 16.5. The lowest BCUT2D eigenvalue weighted by molar-refractivity contribution is 0.0600. The maximum Gasteiger partial charge on any atom is 0.337 e. The van der Waals surface area contributed by atoms with Gasteiger partial charge in [-0.25, -0.2) is 14.6 Å². The summed E-state index contributed by atoms with van der Waals surface area (Å²) in [6, 6.07) is 4.68. The zero-order valence-electron chi connectivity index (χ0n) is 13.1. The molecule has 0 fully saturated rings. The number of carbonyl (C=O) groups is 2. The fourth-order valence-electron chi connectivity index (χ4n) is 1.96. The van der Waals surface area contributed by atoms with Crippen LogP contribution in [0.2, 0.25) is 0 Å². The van der Waals surface area contributed by atoms with Crippen molar-refractivity contribution in [1.82, 2.24) is 20.1 Å². The average molecular weight is 317 g/mol. The Balaban J connectivity index is 1.83. The third kappa shape index (κ3) is 4.80. The molecule has 0 atom stereocenters. The van der Waals surface area contributed by atoms with Crippen LogP contribution in [-0.2, 0) is 11.3 Å². The molecule has 0 radical (unpaired) electrons. The van der Waals surface area contributed by atoms with Gasteiger partial charge in [0, 0.05) is 18.8 Å². The minimum atomic E-state index is -0.443. The highest BCUT2D eigenvalue weighted by molar-refractivity contribution is 5.94. The molecule has 0 aliphatic carbocycles. The maximum atomic E-state index is 11.9. The van der Waals surface area contributed by atoms with Gasteiger partial charge in [-0.2, -0.15) is 5.10 Å². The Hall–Kier alpha value is -2.90. The molecule has 0 unspecified atom stereocenters. The zero-order chi connectivity index (χ0) is 16.7. The summed E-state index contributed by atoms with van der Waals surface area (Å²) in [7, 11) is 1.32. The molecule has 0 saturated heterocycles. The highest BCUT2D eigenvalue weighted by Crippen LogP contribution is 2.17. The molecule has 0 aliphatic rings. The van der Waals surface area contributed by atoms with E-state index in [0.717, 1.165) is 12.0 Å². The number of esters is 1. The number of methoxy groups -OCH3 is 1. The van der Waals surface area contributed by atoms with Gasteiger partial charge < -0.3 is 15.4 Å². The van der Waals surface area contributed by atoms with E-state index in [-0.39, 0.29) is 6.03 Å². The van der Waals surface area contributed by atoms with Crippen molar-refractivity contribution in [2.24, 2.45) is 0 Å². The number of benzene rings is 1. The first-order chi connectivity index (χ1) is 11.1. The standard InChI is InChI=1S/C15H19N5O3/c1-11-4-5-12(14(21)23-2)8-13(11)19-15(22)17-6-3-7-20-10-16-9-18-20/h4-5,8-10H,3,6-7H2,1-2H3,(H2,17,19,22). The number of ether oxygens (including phenoxy) is 1. The molecule has 2 rings (SSSR count). The summed E-state index contributed by atoms with van der Waals surface area (Å²) in [5.41, 5.74) is 1.82. The molecule has 2 aromatic rings. The number of hydrogen-bond acceptors (Lipinski definition) is 5. The topological polar surface area (TPSA) is 98.1 Å². The molecule has 0 bridgehead atoms. The number of carbonyl (C=O) groups excluding carboxylic acids is 2. The largest absolute Gasteiger partial charge is 0.465 e. The first-order valence-corrected chi connectivity index (χ1v) is 7.16. The van der Waals surface area contributed by atoms with Crippen LogP contribution >= 0.6 is 0 Å². The van der Waals surface area contributed by atoms with Gasteiger partial charge in [-0.15, -0.1) is 0 Å². The molecule has 0 spiro atoms. The van der Waals surface area contributed by atoms with Crippen LogP contribution in [-0.4, -0.2) is 40.4 Å². The van der Waals surface area contributed by atoms with Crippen LogP contribution in [0.25, 0.3) is 0 Å². The molecule has 1 aromatic carbocycles. The second kappa shape index (κ2) is 7.92. The van der Waals surface area contributed by atoms with Crippen LogP contribution in [0, 0.1) is 6.92 Å². The molecule has 8 nitrogen and oxygen atoms in total. The minimum absolute atomic E-state index is 0.325. The number of nitrogens with zero attached hydrogens (tertiary/aromatic N) is 3. The van der Waals surface area contributed by atoms with E-state index in [0.29, 0.717) is 24.3 Å². The lowest BCUT2D eigenvalue weighted by atomic mass is 10.1. The van der Waals surface area contributed by atoms with E-state index < -0.39 is 5.97 Å². The summed E-state index contributed by atoms with van der Waals surface area (Å²) in [5.74, 6) is -0.443. The van der Waals surface area contributed by atoms with Gasteiger partial charge in [0.25, 0.3) is 0 Å². The second-order valence-electron chi connectivity index (χ2n) is 4.91. The SMILES string of the molecule is COC(=O)c1ccc(C)c(NC(=O)NCCCn2cncn2)c1. The highest BCUT2D eigenvalue weighted by Gasteiger charge is 2.10. The Morgan fingerprint density at radius 2 is 2.17 bits per heavy atom. The van der Waals surface area contributed by atoms with Crippen molar-refractivity contribution < 1.29 is 14.3 Å². The van der Waals surface area contributed by atoms with E-state index >= 15 is 0 Å². The average Bonchev–Trinajstić information content (AvgIpc) is 3.06. The summed E-state index contributed by atoms with van der Waals surface area (Å²) < 4.78 is 6.37. The number of rotatable bonds is 6. The lowest BCUT2D eigenvalue weighted by Crippen LogP contribution is -2.30. The molecule has 1 aromatic heterocycles. The van der Waals surface area contributed by atoms with E-state index in [2.05, 4.69) is 25.5 Å². The molecule has 8 heteroatoms. The maximum absolute atomic E-state index is 11.9. The molecule has 0 saturated carbocycles. The number of aryl methyl sites for hydroxylation is 2. The Morgan fingerprint density at radius 1 is 1.35 bits per heavy atom. The van der Waals surface area contributed by atoms with Crippen molar-refractivity contribution in [2.45, 2.75) is 19.9 Å². The van der Waals surface area contributed by atoms with Crippen LogP contribution in [0.1, 0.15) is 22.3 Å². The number of amides is 2. The molecule has 0 aliphatic heterocycles. The molecular weight excluding hydrogens is 298 g/mol. The van der Waals surface area contributed by atoms with Crippen molar-refractivity contribution in [3.8, 4) is 0 Å². The number of urea groups is 1. The molecule has 23 heavy (non-hydrogen) atoms. The van der Waals surface area contributed by atoms with Gasteiger partial charge in [-0.05, 0) is 31.0 Å². The van der Waals surface area contributed by atoms with Crippen LogP contribution in [0.4, 0.5) is 10.5 Å². The lowest BCUT2D eigenvalue weighted by Gasteiger charge is -2.11. The van der Waals surface area contributed by atoms with Crippen molar-refractivity contribution in [2.75, 3.05) is 19.0 Å². The van der Waals surface area contributed by atoms with Crippen LogP contribution in [0.5, 0.6) is 0 Å². The molecular formula is C15H19N5O3. The number of anilines is 1. The van der Waals surface area contributed by atoms with Gasteiger partial charge in [-0.3, -0.25) is 4.68 Å². The minimum Gasteiger partial charge on any atom is -0.465 e. The summed E-state index contributed by atoms with van der Waals surface area (Å²) in [4.78, 5) is 27.3. The van der Waals surface area contributed by atoms with Crippen molar-refractivity contribution in [1.29, 1.82) is 0 Å². The zero-order valence-corrected chi connectivity index (χ0v) is 13.1. The molecule has 2 N–H and O–H groups in total. The second-order valence-corrected chi connectivity index (χ2v) is 4.91. The highest BCUT2D eigenvalue weighted by atomic mass is 16.5. The van der Waals surface area contributed by atoms with Crippen molar-refractivity contribution in [3.05, 3.63) is 42.0 Å². The third-order valence-corrected chi connectivity index (χ3v) is 3.22. The molecule has 122 valence electrons. The Labute approximate surface area is 133 Å². The Bertz CT molecular complexity index is 670. The Morgan fingerprint density at radius 3 is 2.87 bits per heavy atom. The summed E-state index contributed by atoms with van der Waals surface area (Å²) in [6.07, 6.45) is 3.83. The number of hydrogen-bond donors (Lipinski definition) is 2. The normalized spacial score (nSPS) is 10.2. The number of aromatic nitrogens is 3. The van der Waals surface area contributed by atoms with E-state index in [9.17, 15) is 9.59 Å². The van der Waals surface area contributed by atoms with Crippen molar-refractivity contribution in [3.63, 3.8) is 0 Å². The van der Waals surface area contributed by atoms with Gasteiger partial charge in [0.2, 0.25) is 0 Å². The summed E-state index contributed by atoms with van der Waals surface area (Å²) >= 11 is 0.